The van der Waals surface area contributed by atoms with Gasteiger partial charge in [0.1, 0.15) is 12.0 Å². The lowest BCUT2D eigenvalue weighted by molar-refractivity contribution is 0.260. The lowest BCUT2D eigenvalue weighted by Crippen LogP contribution is -2.54. The number of nitrogens with zero attached hydrogens (tertiary/aromatic N) is 4. The molecule has 1 aliphatic rings. The van der Waals surface area contributed by atoms with E-state index >= 15 is 0 Å². The van der Waals surface area contributed by atoms with Crippen molar-refractivity contribution in [2.45, 2.75) is 12.2 Å². The van der Waals surface area contributed by atoms with Crippen LogP contribution in [0.5, 0.6) is 0 Å². The average molecular weight is 555 g/mol. The normalized spacial score (nSPS) is 15.7. The van der Waals surface area contributed by atoms with Crippen LogP contribution in [-0.2, 0) is 22.2 Å². The number of aliphatic imine (C=N–C) groups is 1. The minimum Gasteiger partial charge on any atom is -0.364 e. The van der Waals surface area contributed by atoms with Crippen LogP contribution in [0.1, 0.15) is 11.3 Å². The zero-order chi connectivity index (χ0) is 20.9. The molecule has 0 atom stereocenters. The summed E-state index contributed by atoms with van der Waals surface area (Å²) < 4.78 is 58.1. The van der Waals surface area contributed by atoms with Crippen molar-refractivity contribution in [3.8, 4) is 0 Å². The van der Waals surface area contributed by atoms with Gasteiger partial charge in [-0.2, -0.15) is 4.31 Å². The molecule has 0 aliphatic carbocycles. The quantitative estimate of drug-likeness (QED) is 0.333. The van der Waals surface area contributed by atoms with Crippen molar-refractivity contribution in [2.24, 2.45) is 4.99 Å². The van der Waals surface area contributed by atoms with Crippen molar-refractivity contribution in [1.29, 1.82) is 0 Å². The van der Waals surface area contributed by atoms with Crippen molar-refractivity contribution >= 4 is 40.0 Å². The first-order chi connectivity index (χ1) is 13.9. The predicted molar refractivity (Wildman–Crippen MR) is 119 cm³/mol. The minimum atomic E-state index is -3.48. The second-order valence-corrected chi connectivity index (χ2v) is 8.54. The number of rotatable bonds is 6. The van der Waals surface area contributed by atoms with Gasteiger partial charge in [0.25, 0.3) is 0 Å². The third-order valence-electron chi connectivity index (χ3n) is 4.67. The zero-order valence-corrected chi connectivity index (χ0v) is 19.6. The van der Waals surface area contributed by atoms with Gasteiger partial charge in [0.15, 0.2) is 17.6 Å². The molecule has 0 unspecified atom stereocenters. The Hall–Kier alpha value is -1.80. The molecule has 1 aromatic carbocycles. The van der Waals surface area contributed by atoms with Crippen LogP contribution in [0.25, 0.3) is 0 Å². The SMILES string of the molecule is CN=C(NCCc1cccc(F)c1F)N1CCN(S(=O)(=O)Cc2ccon2)CC1.I. The van der Waals surface area contributed by atoms with Crippen LogP contribution in [0.2, 0.25) is 0 Å². The maximum absolute atomic E-state index is 13.7. The summed E-state index contributed by atoms with van der Waals surface area (Å²) in [4.78, 5) is 6.14. The summed E-state index contributed by atoms with van der Waals surface area (Å²) in [6.07, 6.45) is 1.64. The highest BCUT2D eigenvalue weighted by atomic mass is 127. The summed E-state index contributed by atoms with van der Waals surface area (Å²) in [5.74, 6) is -1.31. The topological polar surface area (TPSA) is 91.0 Å². The number of halogens is 3. The Morgan fingerprint density at radius 1 is 1.23 bits per heavy atom. The van der Waals surface area contributed by atoms with E-state index in [0.29, 0.717) is 50.8 Å². The summed E-state index contributed by atoms with van der Waals surface area (Å²) in [6, 6.07) is 5.63. The van der Waals surface area contributed by atoms with Gasteiger partial charge in [0.05, 0.1) is 5.69 Å². The Bertz CT molecular complexity index is 949. The molecule has 1 fully saturated rings. The largest absolute Gasteiger partial charge is 0.364 e. The summed E-state index contributed by atoms with van der Waals surface area (Å²) in [7, 11) is -1.85. The summed E-state index contributed by atoms with van der Waals surface area (Å²) in [5.41, 5.74) is 0.659. The van der Waals surface area contributed by atoms with Gasteiger partial charge in [0.2, 0.25) is 10.0 Å². The van der Waals surface area contributed by atoms with E-state index in [1.165, 1.54) is 22.7 Å². The van der Waals surface area contributed by atoms with Crippen LogP contribution in [-0.4, -0.2) is 68.5 Å². The molecular weight excluding hydrogens is 531 g/mol. The molecule has 1 aliphatic heterocycles. The van der Waals surface area contributed by atoms with E-state index in [4.69, 9.17) is 0 Å². The smallest absolute Gasteiger partial charge is 0.220 e. The van der Waals surface area contributed by atoms with Crippen LogP contribution in [0, 0.1) is 11.6 Å². The van der Waals surface area contributed by atoms with Crippen LogP contribution in [0.15, 0.2) is 40.0 Å². The Balaban J connectivity index is 0.00000320. The number of nitrogens with one attached hydrogen (secondary N) is 1. The van der Waals surface area contributed by atoms with Crippen LogP contribution < -0.4 is 5.32 Å². The average Bonchev–Trinajstić information content (AvgIpc) is 3.21. The zero-order valence-electron chi connectivity index (χ0n) is 16.4. The fourth-order valence-corrected chi connectivity index (χ4v) is 4.58. The number of sulfonamides is 1. The molecular formula is C18H24F2IN5O3S. The second-order valence-electron chi connectivity index (χ2n) is 6.57. The highest BCUT2D eigenvalue weighted by molar-refractivity contribution is 14.0. The maximum atomic E-state index is 13.7. The molecule has 12 heteroatoms. The van der Waals surface area contributed by atoms with Crippen molar-refractivity contribution in [2.75, 3.05) is 39.8 Å². The van der Waals surface area contributed by atoms with Crippen LogP contribution >= 0.6 is 24.0 Å². The molecule has 3 rings (SSSR count). The van der Waals surface area contributed by atoms with Crippen LogP contribution in [0.3, 0.4) is 0 Å². The van der Waals surface area contributed by atoms with Gasteiger partial charge < -0.3 is 14.7 Å². The fourth-order valence-electron chi connectivity index (χ4n) is 3.15. The van der Waals surface area contributed by atoms with E-state index in [2.05, 4.69) is 20.0 Å². The first-order valence-corrected chi connectivity index (χ1v) is 10.8. The van der Waals surface area contributed by atoms with Crippen molar-refractivity contribution in [1.82, 2.24) is 19.7 Å². The number of piperazine rings is 1. The van der Waals surface area contributed by atoms with Gasteiger partial charge in [-0.15, -0.1) is 24.0 Å². The molecule has 166 valence electrons. The third kappa shape index (κ3) is 6.11. The van der Waals surface area contributed by atoms with Crippen molar-refractivity contribution < 1.29 is 21.7 Å². The van der Waals surface area contributed by atoms with Gasteiger partial charge >= 0.3 is 0 Å². The third-order valence-corrected chi connectivity index (χ3v) is 6.49. The molecule has 0 radical (unpaired) electrons. The number of hydrogen-bond acceptors (Lipinski definition) is 5. The molecule has 8 nitrogen and oxygen atoms in total. The molecule has 30 heavy (non-hydrogen) atoms. The molecule has 1 saturated heterocycles. The molecule has 0 bridgehead atoms. The maximum Gasteiger partial charge on any atom is 0.220 e. The van der Waals surface area contributed by atoms with Crippen LogP contribution in [0.4, 0.5) is 8.78 Å². The predicted octanol–water partition coefficient (Wildman–Crippen LogP) is 1.84. The summed E-state index contributed by atoms with van der Waals surface area (Å²) >= 11 is 0. The van der Waals surface area contributed by atoms with Gasteiger partial charge in [-0.3, -0.25) is 4.99 Å². The van der Waals surface area contributed by atoms with E-state index in [9.17, 15) is 17.2 Å². The van der Waals surface area contributed by atoms with E-state index in [-0.39, 0.29) is 35.3 Å². The van der Waals surface area contributed by atoms with Crippen molar-refractivity contribution in [3.05, 3.63) is 53.4 Å². The molecule has 1 N–H and O–H groups in total. The number of guanidine groups is 1. The van der Waals surface area contributed by atoms with E-state index < -0.39 is 21.7 Å². The molecule has 2 heterocycles. The molecule has 2 aromatic rings. The monoisotopic (exact) mass is 555 g/mol. The van der Waals surface area contributed by atoms with Gasteiger partial charge in [-0.25, -0.2) is 17.2 Å². The lowest BCUT2D eigenvalue weighted by Gasteiger charge is -2.35. The number of hydrogen-bond donors (Lipinski definition) is 1. The van der Waals surface area contributed by atoms with Crippen molar-refractivity contribution in [3.63, 3.8) is 0 Å². The lowest BCUT2D eigenvalue weighted by atomic mass is 10.1. The fraction of sp³-hybridized carbons (Fsp3) is 0.444. The first kappa shape index (κ1) is 24.5. The molecule has 1 aromatic heterocycles. The van der Waals surface area contributed by atoms with E-state index in [0.717, 1.165) is 6.07 Å². The van der Waals surface area contributed by atoms with E-state index in [1.54, 1.807) is 13.1 Å². The molecule has 0 amide bonds. The number of aromatic nitrogens is 1. The Morgan fingerprint density at radius 2 is 1.97 bits per heavy atom. The second kappa shape index (κ2) is 11.0. The summed E-state index contributed by atoms with van der Waals surface area (Å²) in [5, 5.41) is 6.77. The van der Waals surface area contributed by atoms with E-state index in [1.807, 2.05) is 4.90 Å². The first-order valence-electron chi connectivity index (χ1n) is 9.16. The molecule has 0 spiro atoms. The van der Waals surface area contributed by atoms with Gasteiger partial charge in [-0.1, -0.05) is 17.3 Å². The number of benzene rings is 1. The van der Waals surface area contributed by atoms with Gasteiger partial charge in [0, 0.05) is 45.8 Å². The summed E-state index contributed by atoms with van der Waals surface area (Å²) in [6.45, 7) is 1.94. The Labute approximate surface area is 191 Å². The minimum absolute atomic E-state index is 0. The Kier molecular flexibility index (Phi) is 8.97. The Morgan fingerprint density at radius 3 is 2.60 bits per heavy atom. The van der Waals surface area contributed by atoms with Gasteiger partial charge in [-0.05, 0) is 18.1 Å². The highest BCUT2D eigenvalue weighted by Crippen LogP contribution is 2.14. The highest BCUT2D eigenvalue weighted by Gasteiger charge is 2.28. The molecule has 0 saturated carbocycles. The standard InChI is InChI=1S/C18H23F2N5O3S.HI/c1-21-18(22-7-5-14-3-2-4-16(19)17(14)20)24-8-10-25(11-9-24)29(26,27)13-15-6-12-28-23-15;/h2-4,6,12H,5,7-11,13H2,1H3,(H,21,22);1H.